The molecule has 4 heterocycles. The lowest BCUT2D eigenvalue weighted by Crippen LogP contribution is -2.34. The molecule has 1 saturated heterocycles. The lowest BCUT2D eigenvalue weighted by Gasteiger charge is -2.18. The third kappa shape index (κ3) is 3.18. The molecule has 1 fully saturated rings. The molecule has 4 N–H and O–H groups in total. The molecule has 8 nitrogen and oxygen atoms in total. The molecule has 35 heavy (non-hydrogen) atoms. The maximum atomic E-state index is 16.4. The highest BCUT2D eigenvalue weighted by molar-refractivity contribution is 7.23. The summed E-state index contributed by atoms with van der Waals surface area (Å²) in [5.41, 5.74) is 13.6. The van der Waals surface area contributed by atoms with Crippen LogP contribution in [0.2, 0.25) is 0 Å². The SMILES string of the molecule is COC1CN(c2ncc3c4c(c(-c5c(F)ccc6sc(N)c(C#N)c56)c(F)c3n2)COC4)CC1N. The number of aromatic nitrogens is 2. The minimum Gasteiger partial charge on any atom is -0.389 e. The summed E-state index contributed by atoms with van der Waals surface area (Å²) < 4.78 is 43.4. The summed E-state index contributed by atoms with van der Waals surface area (Å²) in [7, 11) is 1.59. The van der Waals surface area contributed by atoms with Crippen molar-refractivity contribution >= 4 is 43.3 Å². The van der Waals surface area contributed by atoms with E-state index in [-0.39, 0.29) is 52.6 Å². The van der Waals surface area contributed by atoms with E-state index in [1.54, 1.807) is 19.4 Å². The molecule has 0 aliphatic carbocycles. The van der Waals surface area contributed by atoms with Gasteiger partial charge in [-0.15, -0.1) is 11.3 Å². The van der Waals surface area contributed by atoms with Crippen LogP contribution >= 0.6 is 11.3 Å². The molecular weight excluding hydrogens is 474 g/mol. The van der Waals surface area contributed by atoms with Gasteiger partial charge in [0.15, 0.2) is 5.82 Å². The number of nitrogens with two attached hydrogens (primary N) is 2. The van der Waals surface area contributed by atoms with Crippen molar-refractivity contribution < 1.29 is 18.3 Å². The van der Waals surface area contributed by atoms with Crippen molar-refractivity contribution in [3.05, 3.63) is 46.7 Å². The molecule has 2 aromatic carbocycles. The number of nitriles is 1. The number of hydrogen-bond donors (Lipinski definition) is 2. The van der Waals surface area contributed by atoms with E-state index in [1.165, 1.54) is 6.07 Å². The van der Waals surface area contributed by atoms with Gasteiger partial charge < -0.3 is 25.8 Å². The van der Waals surface area contributed by atoms with Crippen molar-refractivity contribution in [2.75, 3.05) is 30.8 Å². The van der Waals surface area contributed by atoms with Gasteiger partial charge in [-0.3, -0.25) is 0 Å². The van der Waals surface area contributed by atoms with Crippen LogP contribution in [-0.4, -0.2) is 42.3 Å². The van der Waals surface area contributed by atoms with Crippen molar-refractivity contribution in [2.24, 2.45) is 5.73 Å². The Labute approximate surface area is 202 Å². The van der Waals surface area contributed by atoms with Gasteiger partial charge in [0.1, 0.15) is 22.4 Å². The predicted molar refractivity (Wildman–Crippen MR) is 129 cm³/mol. The minimum atomic E-state index is -0.695. The van der Waals surface area contributed by atoms with E-state index in [0.29, 0.717) is 45.6 Å². The summed E-state index contributed by atoms with van der Waals surface area (Å²) in [6, 6.07) is 4.64. The molecule has 2 atom stereocenters. The second kappa shape index (κ2) is 8.07. The average Bonchev–Trinajstić information content (AvgIpc) is 3.56. The summed E-state index contributed by atoms with van der Waals surface area (Å²) in [5.74, 6) is -1.03. The van der Waals surface area contributed by atoms with Gasteiger partial charge >= 0.3 is 0 Å². The van der Waals surface area contributed by atoms with Gasteiger partial charge in [-0.05, 0) is 23.3 Å². The van der Waals surface area contributed by atoms with Gasteiger partial charge in [0.05, 0.1) is 30.9 Å². The number of nitrogen functional groups attached to an aromatic ring is 1. The van der Waals surface area contributed by atoms with Gasteiger partial charge in [0, 0.05) is 53.0 Å². The van der Waals surface area contributed by atoms with Gasteiger partial charge in [-0.1, -0.05) is 0 Å². The molecule has 4 aromatic rings. The predicted octanol–water partition coefficient (Wildman–Crippen LogP) is 3.44. The molecule has 178 valence electrons. The Bertz CT molecular complexity index is 1570. The van der Waals surface area contributed by atoms with Crippen LogP contribution in [-0.2, 0) is 22.7 Å². The maximum Gasteiger partial charge on any atom is 0.226 e. The molecular formula is C24H20F2N6O2S. The number of rotatable bonds is 3. The maximum absolute atomic E-state index is 16.4. The Morgan fingerprint density at radius 2 is 2.03 bits per heavy atom. The van der Waals surface area contributed by atoms with Crippen molar-refractivity contribution in [3.8, 4) is 17.2 Å². The van der Waals surface area contributed by atoms with E-state index in [0.717, 1.165) is 11.3 Å². The number of halogens is 2. The van der Waals surface area contributed by atoms with Crippen LogP contribution in [0.3, 0.4) is 0 Å². The van der Waals surface area contributed by atoms with Crippen molar-refractivity contribution in [1.82, 2.24) is 9.97 Å². The van der Waals surface area contributed by atoms with Crippen LogP contribution in [0, 0.1) is 23.0 Å². The van der Waals surface area contributed by atoms with Crippen LogP contribution in [0.4, 0.5) is 19.7 Å². The normalized spacial score (nSPS) is 19.6. The molecule has 6 rings (SSSR count). The van der Waals surface area contributed by atoms with Crippen LogP contribution in [0.1, 0.15) is 16.7 Å². The molecule has 11 heteroatoms. The number of fused-ring (bicyclic) bond motifs is 4. The highest BCUT2D eigenvalue weighted by atomic mass is 32.1. The van der Waals surface area contributed by atoms with E-state index in [1.807, 2.05) is 11.0 Å². The molecule has 0 saturated carbocycles. The summed E-state index contributed by atoms with van der Waals surface area (Å²) >= 11 is 1.16. The smallest absolute Gasteiger partial charge is 0.226 e. The Hall–Kier alpha value is -3.43. The molecule has 0 spiro atoms. The Morgan fingerprint density at radius 3 is 2.77 bits per heavy atom. The van der Waals surface area contributed by atoms with Crippen molar-refractivity contribution in [3.63, 3.8) is 0 Å². The van der Waals surface area contributed by atoms with Crippen LogP contribution < -0.4 is 16.4 Å². The molecule has 2 aromatic heterocycles. The van der Waals surface area contributed by atoms with Gasteiger partial charge in [0.25, 0.3) is 0 Å². The zero-order valence-corrected chi connectivity index (χ0v) is 19.5. The highest BCUT2D eigenvalue weighted by Crippen LogP contribution is 2.46. The number of methoxy groups -OCH3 is 1. The number of nitrogens with zero attached hydrogens (tertiary/aromatic N) is 4. The number of anilines is 2. The molecule has 2 aliphatic heterocycles. The highest BCUT2D eigenvalue weighted by Gasteiger charge is 2.33. The largest absolute Gasteiger partial charge is 0.389 e. The first-order valence-corrected chi connectivity index (χ1v) is 11.8. The topological polar surface area (TPSA) is 123 Å². The van der Waals surface area contributed by atoms with E-state index in [9.17, 15) is 5.26 Å². The van der Waals surface area contributed by atoms with E-state index >= 15 is 8.78 Å². The Balaban J connectivity index is 1.63. The third-order valence-electron chi connectivity index (χ3n) is 6.78. The zero-order chi connectivity index (χ0) is 24.4. The number of thiophene rings is 1. The van der Waals surface area contributed by atoms with Gasteiger partial charge in [0.2, 0.25) is 5.95 Å². The monoisotopic (exact) mass is 494 g/mol. The van der Waals surface area contributed by atoms with E-state index in [2.05, 4.69) is 9.97 Å². The van der Waals surface area contributed by atoms with Crippen molar-refractivity contribution in [2.45, 2.75) is 25.4 Å². The molecule has 0 amide bonds. The Morgan fingerprint density at radius 1 is 1.23 bits per heavy atom. The van der Waals surface area contributed by atoms with E-state index in [4.69, 9.17) is 20.9 Å². The fraction of sp³-hybridized carbons (Fsp3) is 0.292. The van der Waals surface area contributed by atoms with Crippen molar-refractivity contribution in [1.29, 1.82) is 5.26 Å². The fourth-order valence-corrected chi connectivity index (χ4v) is 6.00. The molecule has 0 bridgehead atoms. The first-order valence-electron chi connectivity index (χ1n) is 10.9. The standard InChI is InChI=1S/C24H20F2N6O2S/c1-33-16-7-32(6-15(16)28)24-30-5-11-12-8-34-9-13(12)19(21(26)22(11)31-24)20-14(25)2-3-17-18(20)10(4-27)23(29)35-17/h2-3,5,15-16H,6-9,28-29H2,1H3. The van der Waals surface area contributed by atoms with Crippen LogP contribution in [0.25, 0.3) is 32.1 Å². The van der Waals surface area contributed by atoms with Crippen LogP contribution in [0.5, 0.6) is 0 Å². The van der Waals surface area contributed by atoms with Gasteiger partial charge in [-0.25, -0.2) is 18.7 Å². The number of hydrogen-bond acceptors (Lipinski definition) is 9. The summed E-state index contributed by atoms with van der Waals surface area (Å²) in [6.45, 7) is 1.25. The summed E-state index contributed by atoms with van der Waals surface area (Å²) in [6.07, 6.45) is 1.38. The lowest BCUT2D eigenvalue weighted by molar-refractivity contribution is 0.108. The summed E-state index contributed by atoms with van der Waals surface area (Å²) in [4.78, 5) is 10.8. The third-order valence-corrected chi connectivity index (χ3v) is 7.76. The quantitative estimate of drug-likeness (QED) is 0.444. The minimum absolute atomic E-state index is 0.00375. The lowest BCUT2D eigenvalue weighted by atomic mass is 9.90. The van der Waals surface area contributed by atoms with Crippen LogP contribution in [0.15, 0.2) is 18.3 Å². The molecule has 2 unspecified atom stereocenters. The zero-order valence-electron chi connectivity index (χ0n) is 18.6. The summed E-state index contributed by atoms with van der Waals surface area (Å²) in [5, 5.41) is 10.8. The fourth-order valence-electron chi connectivity index (χ4n) is 5.07. The first-order chi connectivity index (χ1) is 16.9. The first kappa shape index (κ1) is 22.1. The van der Waals surface area contributed by atoms with Gasteiger partial charge in [-0.2, -0.15) is 5.26 Å². The number of benzene rings is 2. The second-order valence-electron chi connectivity index (χ2n) is 8.66. The average molecular weight is 495 g/mol. The van der Waals surface area contributed by atoms with E-state index < -0.39 is 11.6 Å². The molecule has 0 radical (unpaired) electrons. The second-order valence-corrected chi connectivity index (χ2v) is 9.75. The number of ether oxygens (including phenoxy) is 2. The molecule has 2 aliphatic rings. The Kier molecular flexibility index (Phi) is 5.08.